The Kier molecular flexibility index (Phi) is 3.37. The van der Waals surface area contributed by atoms with Crippen molar-refractivity contribution in [2.75, 3.05) is 6.54 Å². The molecular formula is C11H14ClNS. The van der Waals surface area contributed by atoms with Crippen molar-refractivity contribution in [2.45, 2.75) is 24.0 Å². The molecule has 1 nitrogen and oxygen atoms in total. The van der Waals surface area contributed by atoms with Crippen LogP contribution in [0.1, 0.15) is 24.3 Å². The predicted molar refractivity (Wildman–Crippen MR) is 63.9 cm³/mol. The van der Waals surface area contributed by atoms with Crippen LogP contribution in [0.15, 0.2) is 24.3 Å². The maximum atomic E-state index is 5.96. The molecule has 1 aliphatic rings. The number of hydrogen-bond acceptors (Lipinski definition) is 2. The third kappa shape index (κ3) is 2.44. The SMILES string of the molecule is CC1CCNC(c2cccc(Cl)c2)S1. The average molecular weight is 228 g/mol. The quantitative estimate of drug-likeness (QED) is 0.789. The molecule has 1 fully saturated rings. The first-order valence-electron chi connectivity index (χ1n) is 4.90. The fourth-order valence-corrected chi connectivity index (χ4v) is 3.07. The topological polar surface area (TPSA) is 12.0 Å². The van der Waals surface area contributed by atoms with Gasteiger partial charge in [-0.15, -0.1) is 11.8 Å². The molecule has 14 heavy (non-hydrogen) atoms. The number of rotatable bonds is 1. The Balaban J connectivity index is 2.14. The van der Waals surface area contributed by atoms with Gasteiger partial charge in [0.15, 0.2) is 0 Å². The maximum absolute atomic E-state index is 5.96. The molecule has 0 bridgehead atoms. The molecule has 1 saturated heterocycles. The molecule has 1 aromatic carbocycles. The average Bonchev–Trinajstić information content (AvgIpc) is 2.18. The Hall–Kier alpha value is -0.180. The zero-order chi connectivity index (χ0) is 9.97. The van der Waals surface area contributed by atoms with E-state index in [1.54, 1.807) is 0 Å². The van der Waals surface area contributed by atoms with Gasteiger partial charge in [-0.25, -0.2) is 0 Å². The van der Waals surface area contributed by atoms with Gasteiger partial charge >= 0.3 is 0 Å². The van der Waals surface area contributed by atoms with Gasteiger partial charge in [0.2, 0.25) is 0 Å². The summed E-state index contributed by atoms with van der Waals surface area (Å²) >= 11 is 7.94. The van der Waals surface area contributed by atoms with Gasteiger partial charge in [0, 0.05) is 10.3 Å². The van der Waals surface area contributed by atoms with Crippen LogP contribution >= 0.6 is 23.4 Å². The standard InChI is InChI=1S/C11H14ClNS/c1-8-5-6-13-11(14-8)9-3-2-4-10(12)7-9/h2-4,7-8,11,13H,5-6H2,1H3. The van der Waals surface area contributed by atoms with Gasteiger partial charge < -0.3 is 5.32 Å². The van der Waals surface area contributed by atoms with E-state index in [2.05, 4.69) is 18.3 Å². The first kappa shape index (κ1) is 10.3. The predicted octanol–water partition coefficient (Wildman–Crippen LogP) is 3.45. The van der Waals surface area contributed by atoms with Gasteiger partial charge in [0.1, 0.15) is 0 Å². The highest BCUT2D eigenvalue weighted by Gasteiger charge is 2.19. The third-order valence-corrected chi connectivity index (χ3v) is 4.05. The van der Waals surface area contributed by atoms with Crippen molar-refractivity contribution < 1.29 is 0 Å². The molecule has 1 aliphatic heterocycles. The van der Waals surface area contributed by atoms with Crippen molar-refractivity contribution in [1.29, 1.82) is 0 Å². The van der Waals surface area contributed by atoms with Crippen molar-refractivity contribution in [1.82, 2.24) is 5.32 Å². The molecule has 1 N–H and O–H groups in total. The third-order valence-electron chi connectivity index (χ3n) is 2.40. The van der Waals surface area contributed by atoms with E-state index in [0.717, 1.165) is 16.8 Å². The Bertz CT molecular complexity index is 316. The minimum absolute atomic E-state index is 0.414. The molecule has 3 heteroatoms. The van der Waals surface area contributed by atoms with Crippen molar-refractivity contribution >= 4 is 23.4 Å². The number of nitrogens with one attached hydrogen (secondary N) is 1. The smallest absolute Gasteiger partial charge is 0.0792 e. The van der Waals surface area contributed by atoms with Gasteiger partial charge in [-0.3, -0.25) is 0 Å². The normalized spacial score (nSPS) is 27.6. The van der Waals surface area contributed by atoms with Crippen LogP contribution in [0.25, 0.3) is 0 Å². The number of benzene rings is 1. The monoisotopic (exact) mass is 227 g/mol. The van der Waals surface area contributed by atoms with Crippen molar-refractivity contribution in [3.8, 4) is 0 Å². The molecule has 1 heterocycles. The van der Waals surface area contributed by atoms with E-state index in [1.807, 2.05) is 30.0 Å². The van der Waals surface area contributed by atoms with Crippen LogP contribution in [-0.4, -0.2) is 11.8 Å². The second kappa shape index (κ2) is 4.56. The van der Waals surface area contributed by atoms with Gasteiger partial charge in [0.05, 0.1) is 5.37 Å². The fourth-order valence-electron chi connectivity index (χ4n) is 1.63. The lowest BCUT2D eigenvalue weighted by molar-refractivity contribution is 0.605. The molecule has 2 unspecified atom stereocenters. The minimum atomic E-state index is 0.414. The summed E-state index contributed by atoms with van der Waals surface area (Å²) in [6, 6.07) is 8.11. The maximum Gasteiger partial charge on any atom is 0.0792 e. The summed E-state index contributed by atoms with van der Waals surface area (Å²) in [6.45, 7) is 3.38. The van der Waals surface area contributed by atoms with Crippen molar-refractivity contribution in [2.24, 2.45) is 0 Å². The summed E-state index contributed by atoms with van der Waals surface area (Å²) in [5, 5.41) is 5.47. The molecular weight excluding hydrogens is 214 g/mol. The highest BCUT2D eigenvalue weighted by molar-refractivity contribution is 8.00. The van der Waals surface area contributed by atoms with Crippen LogP contribution in [0.2, 0.25) is 5.02 Å². The lowest BCUT2D eigenvalue weighted by Gasteiger charge is -2.28. The molecule has 1 aromatic rings. The van der Waals surface area contributed by atoms with E-state index in [0.29, 0.717) is 5.37 Å². The van der Waals surface area contributed by atoms with Crippen LogP contribution in [-0.2, 0) is 0 Å². The number of hydrogen-bond donors (Lipinski definition) is 1. The molecule has 0 aromatic heterocycles. The van der Waals surface area contributed by atoms with Gasteiger partial charge in [-0.1, -0.05) is 30.7 Å². The summed E-state index contributed by atoms with van der Waals surface area (Å²) in [5.41, 5.74) is 1.29. The summed E-state index contributed by atoms with van der Waals surface area (Å²) < 4.78 is 0. The van der Waals surface area contributed by atoms with Crippen LogP contribution in [0.5, 0.6) is 0 Å². The zero-order valence-electron chi connectivity index (χ0n) is 8.16. The Morgan fingerprint density at radius 2 is 2.36 bits per heavy atom. The van der Waals surface area contributed by atoms with Gasteiger partial charge in [-0.2, -0.15) is 0 Å². The van der Waals surface area contributed by atoms with E-state index in [4.69, 9.17) is 11.6 Å². The van der Waals surface area contributed by atoms with Crippen LogP contribution in [0.4, 0.5) is 0 Å². The second-order valence-corrected chi connectivity index (χ2v) is 5.61. The van der Waals surface area contributed by atoms with E-state index in [1.165, 1.54) is 12.0 Å². The summed E-state index contributed by atoms with van der Waals surface area (Å²) in [7, 11) is 0. The molecule has 2 atom stereocenters. The van der Waals surface area contributed by atoms with Crippen LogP contribution in [0, 0.1) is 0 Å². The molecule has 2 rings (SSSR count). The summed E-state index contributed by atoms with van der Waals surface area (Å²) in [6.07, 6.45) is 1.25. The Labute approximate surface area is 94.2 Å². The highest BCUT2D eigenvalue weighted by Crippen LogP contribution is 2.34. The van der Waals surface area contributed by atoms with Crippen LogP contribution < -0.4 is 5.32 Å². The lowest BCUT2D eigenvalue weighted by atomic mass is 10.2. The fraction of sp³-hybridized carbons (Fsp3) is 0.455. The highest BCUT2D eigenvalue weighted by atomic mass is 35.5. The summed E-state index contributed by atoms with van der Waals surface area (Å²) in [5.74, 6) is 0. The number of thioether (sulfide) groups is 1. The number of halogens is 1. The molecule has 0 radical (unpaired) electrons. The first-order valence-corrected chi connectivity index (χ1v) is 6.22. The largest absolute Gasteiger partial charge is 0.302 e. The molecule has 76 valence electrons. The van der Waals surface area contributed by atoms with Crippen molar-refractivity contribution in [3.05, 3.63) is 34.9 Å². The van der Waals surface area contributed by atoms with Crippen molar-refractivity contribution in [3.63, 3.8) is 0 Å². The first-order chi connectivity index (χ1) is 6.75. The Morgan fingerprint density at radius 1 is 1.50 bits per heavy atom. The second-order valence-electron chi connectivity index (χ2n) is 3.62. The van der Waals surface area contributed by atoms with E-state index in [-0.39, 0.29) is 0 Å². The van der Waals surface area contributed by atoms with E-state index < -0.39 is 0 Å². The molecule has 0 spiro atoms. The lowest BCUT2D eigenvalue weighted by Crippen LogP contribution is -2.28. The van der Waals surface area contributed by atoms with E-state index >= 15 is 0 Å². The Morgan fingerprint density at radius 3 is 3.07 bits per heavy atom. The molecule has 0 amide bonds. The van der Waals surface area contributed by atoms with Gasteiger partial charge in [0.25, 0.3) is 0 Å². The zero-order valence-corrected chi connectivity index (χ0v) is 9.74. The van der Waals surface area contributed by atoms with Crippen LogP contribution in [0.3, 0.4) is 0 Å². The van der Waals surface area contributed by atoms with Gasteiger partial charge in [-0.05, 0) is 30.7 Å². The minimum Gasteiger partial charge on any atom is -0.302 e. The molecule has 0 aliphatic carbocycles. The summed E-state index contributed by atoms with van der Waals surface area (Å²) in [4.78, 5) is 0. The van der Waals surface area contributed by atoms with E-state index in [9.17, 15) is 0 Å². The molecule has 0 saturated carbocycles.